The molecule has 94 valence electrons. The number of ketones is 1. The van der Waals surface area contributed by atoms with E-state index in [2.05, 4.69) is 6.58 Å². The van der Waals surface area contributed by atoms with Crippen LogP contribution in [0.5, 0.6) is 0 Å². The third-order valence-corrected chi connectivity index (χ3v) is 3.98. The first-order valence-corrected chi connectivity index (χ1v) is 6.64. The molecular weight excluding hydrogens is 272 g/mol. The Morgan fingerprint density at radius 2 is 2.39 bits per heavy atom. The van der Waals surface area contributed by atoms with E-state index >= 15 is 0 Å². The van der Waals surface area contributed by atoms with Crippen LogP contribution in [0.4, 0.5) is 0 Å². The molecule has 0 aliphatic carbocycles. The number of hydrogen-bond acceptors (Lipinski definition) is 4. The number of carbonyl (C=O) groups excluding carboxylic acids is 2. The molecule has 0 radical (unpaired) electrons. The zero-order valence-corrected chi connectivity index (χ0v) is 11.1. The third kappa shape index (κ3) is 2.76. The van der Waals surface area contributed by atoms with Gasteiger partial charge in [0.15, 0.2) is 5.78 Å². The normalized spacial score (nSPS) is 18.1. The largest absolute Gasteiger partial charge is 0.461 e. The van der Waals surface area contributed by atoms with Gasteiger partial charge in [0.25, 0.3) is 0 Å². The zero-order valence-electron chi connectivity index (χ0n) is 9.52. The topological polar surface area (TPSA) is 43.4 Å². The number of hydrogen-bond donors (Lipinski definition) is 0. The third-order valence-electron chi connectivity index (χ3n) is 2.49. The second kappa shape index (κ2) is 5.59. The number of halogens is 1. The molecule has 5 heteroatoms. The monoisotopic (exact) mass is 282 g/mol. The second-order valence-electron chi connectivity index (χ2n) is 3.79. The lowest BCUT2D eigenvalue weighted by molar-refractivity contribution is -0.141. The minimum atomic E-state index is -0.480. The maximum absolute atomic E-state index is 11.9. The first-order valence-electron chi connectivity index (χ1n) is 5.38. The highest BCUT2D eigenvalue weighted by atomic mass is 35.5. The molecule has 1 aliphatic heterocycles. The Morgan fingerprint density at radius 1 is 1.61 bits per heavy atom. The summed E-state index contributed by atoms with van der Waals surface area (Å²) in [6, 6.07) is 5.10. The van der Waals surface area contributed by atoms with Gasteiger partial charge in [0.1, 0.15) is 11.9 Å². The highest BCUT2D eigenvalue weighted by Gasteiger charge is 2.31. The zero-order chi connectivity index (χ0) is 13.1. The average Bonchev–Trinajstić information content (AvgIpc) is 2.36. The van der Waals surface area contributed by atoms with Crippen molar-refractivity contribution in [1.29, 1.82) is 0 Å². The van der Waals surface area contributed by atoms with Gasteiger partial charge in [-0.05, 0) is 18.2 Å². The second-order valence-corrected chi connectivity index (χ2v) is 5.47. The van der Waals surface area contributed by atoms with Gasteiger partial charge in [0, 0.05) is 21.9 Å². The van der Waals surface area contributed by atoms with E-state index in [0.29, 0.717) is 10.6 Å². The van der Waals surface area contributed by atoms with E-state index in [-0.39, 0.29) is 24.8 Å². The quantitative estimate of drug-likeness (QED) is 0.631. The minimum absolute atomic E-state index is 0.0770. The number of esters is 1. The van der Waals surface area contributed by atoms with Crippen LogP contribution in [-0.2, 0) is 9.53 Å². The highest BCUT2D eigenvalue weighted by molar-refractivity contribution is 8.00. The number of Topliss-reactive ketones (excluding diaryl/α,β-unsaturated/α-hetero) is 1. The summed E-state index contributed by atoms with van der Waals surface area (Å²) < 4.78 is 4.96. The lowest BCUT2D eigenvalue weighted by Crippen LogP contribution is -2.27. The van der Waals surface area contributed by atoms with Gasteiger partial charge in [-0.3, -0.25) is 9.59 Å². The first-order chi connectivity index (χ1) is 8.61. The van der Waals surface area contributed by atoms with Crippen molar-refractivity contribution in [2.45, 2.75) is 16.6 Å². The fourth-order valence-electron chi connectivity index (χ4n) is 1.66. The number of rotatable bonds is 3. The molecule has 2 rings (SSSR count). The van der Waals surface area contributed by atoms with E-state index in [1.54, 1.807) is 18.2 Å². The molecule has 1 aromatic rings. The van der Waals surface area contributed by atoms with Crippen molar-refractivity contribution in [3.8, 4) is 0 Å². The fourth-order valence-corrected chi connectivity index (χ4v) is 2.99. The highest BCUT2D eigenvalue weighted by Crippen LogP contribution is 2.37. The van der Waals surface area contributed by atoms with Crippen molar-refractivity contribution in [3.05, 3.63) is 41.4 Å². The van der Waals surface area contributed by atoms with Crippen molar-refractivity contribution in [2.24, 2.45) is 0 Å². The lowest BCUT2D eigenvalue weighted by atomic mass is 10.1. The molecule has 1 atom stereocenters. The Bertz CT molecular complexity index is 513. The van der Waals surface area contributed by atoms with Gasteiger partial charge in [-0.2, -0.15) is 0 Å². The number of fused-ring (bicyclic) bond motifs is 1. The number of carbonyl (C=O) groups is 2. The lowest BCUT2D eigenvalue weighted by Gasteiger charge is -2.21. The minimum Gasteiger partial charge on any atom is -0.461 e. The van der Waals surface area contributed by atoms with Gasteiger partial charge < -0.3 is 4.74 Å². The van der Waals surface area contributed by atoms with Gasteiger partial charge in [-0.1, -0.05) is 24.3 Å². The average molecular weight is 283 g/mol. The summed E-state index contributed by atoms with van der Waals surface area (Å²) in [5.41, 5.74) is 0.584. The van der Waals surface area contributed by atoms with Crippen LogP contribution in [0.25, 0.3) is 0 Å². The van der Waals surface area contributed by atoms with Gasteiger partial charge in [0.2, 0.25) is 0 Å². The maximum atomic E-state index is 11.9. The number of benzene rings is 1. The van der Waals surface area contributed by atoms with Gasteiger partial charge >= 0.3 is 5.97 Å². The Morgan fingerprint density at radius 3 is 3.11 bits per heavy atom. The van der Waals surface area contributed by atoms with Crippen molar-refractivity contribution in [3.63, 3.8) is 0 Å². The predicted octanol–water partition coefficient (Wildman–Crippen LogP) is 3.12. The standard InChI is InChI=1S/C13H11ClO3S/c1-2-5-17-13(16)12-7-10(15)9-6-8(14)3-4-11(9)18-12/h2-4,6,12H,1,5,7H2. The summed E-state index contributed by atoms with van der Waals surface area (Å²) in [6.07, 6.45) is 1.65. The first kappa shape index (κ1) is 13.2. The molecule has 0 bridgehead atoms. The SMILES string of the molecule is C=CCOC(=O)C1CC(=O)c2cc(Cl)ccc2S1. The van der Waals surface area contributed by atoms with Crippen molar-refractivity contribution < 1.29 is 14.3 Å². The molecule has 0 spiro atoms. The molecule has 0 N–H and O–H groups in total. The molecule has 1 unspecified atom stereocenters. The van der Waals surface area contributed by atoms with E-state index in [4.69, 9.17) is 16.3 Å². The van der Waals surface area contributed by atoms with Crippen molar-refractivity contribution in [1.82, 2.24) is 0 Å². The molecule has 1 aromatic carbocycles. The molecule has 0 aromatic heterocycles. The van der Waals surface area contributed by atoms with Gasteiger partial charge in [-0.25, -0.2) is 0 Å². The molecule has 0 saturated carbocycles. The van der Waals surface area contributed by atoms with Crippen LogP contribution in [-0.4, -0.2) is 23.6 Å². The van der Waals surface area contributed by atoms with Crippen LogP contribution in [0, 0.1) is 0 Å². The summed E-state index contributed by atoms with van der Waals surface area (Å²) in [6.45, 7) is 3.64. The Balaban J connectivity index is 2.17. The summed E-state index contributed by atoms with van der Waals surface area (Å²) in [4.78, 5) is 24.4. The summed E-state index contributed by atoms with van der Waals surface area (Å²) in [5, 5.41) is 0.0431. The van der Waals surface area contributed by atoms with E-state index < -0.39 is 5.25 Å². The summed E-state index contributed by atoms with van der Waals surface area (Å²) >= 11 is 7.18. The number of thioether (sulfide) groups is 1. The van der Waals surface area contributed by atoms with E-state index in [1.807, 2.05) is 0 Å². The van der Waals surface area contributed by atoms with Crippen LogP contribution < -0.4 is 0 Å². The molecule has 0 fully saturated rings. The van der Waals surface area contributed by atoms with Crippen LogP contribution in [0.1, 0.15) is 16.8 Å². The molecule has 1 heterocycles. The van der Waals surface area contributed by atoms with Crippen LogP contribution in [0.2, 0.25) is 5.02 Å². The molecule has 0 saturated heterocycles. The van der Waals surface area contributed by atoms with Crippen LogP contribution in [0.15, 0.2) is 35.7 Å². The van der Waals surface area contributed by atoms with Crippen molar-refractivity contribution in [2.75, 3.05) is 6.61 Å². The van der Waals surface area contributed by atoms with Gasteiger partial charge in [0.05, 0.1) is 0 Å². The number of ether oxygens (including phenoxy) is 1. The van der Waals surface area contributed by atoms with Crippen LogP contribution >= 0.6 is 23.4 Å². The summed E-state index contributed by atoms with van der Waals surface area (Å²) in [7, 11) is 0. The van der Waals surface area contributed by atoms with E-state index in [0.717, 1.165) is 4.90 Å². The molecule has 1 aliphatic rings. The van der Waals surface area contributed by atoms with Gasteiger partial charge in [-0.15, -0.1) is 11.8 Å². The van der Waals surface area contributed by atoms with E-state index in [9.17, 15) is 9.59 Å². The molecule has 18 heavy (non-hydrogen) atoms. The smallest absolute Gasteiger partial charge is 0.320 e. The fraction of sp³-hybridized carbons (Fsp3) is 0.231. The molecule has 0 amide bonds. The summed E-state index contributed by atoms with van der Waals surface area (Å²) in [5.74, 6) is -0.458. The van der Waals surface area contributed by atoms with Crippen LogP contribution in [0.3, 0.4) is 0 Å². The van der Waals surface area contributed by atoms with E-state index in [1.165, 1.54) is 17.8 Å². The Hall–Kier alpha value is -1.26. The predicted molar refractivity (Wildman–Crippen MR) is 71.2 cm³/mol. The molecule has 3 nitrogen and oxygen atoms in total. The van der Waals surface area contributed by atoms with Crippen molar-refractivity contribution >= 4 is 35.1 Å². The molecular formula is C13H11ClO3S. The Kier molecular flexibility index (Phi) is 4.09. The maximum Gasteiger partial charge on any atom is 0.320 e. The Labute approximate surface area is 114 Å².